The van der Waals surface area contributed by atoms with Gasteiger partial charge in [0.05, 0.1) is 18.0 Å². The summed E-state index contributed by atoms with van der Waals surface area (Å²) in [5.41, 5.74) is 1.66. The maximum absolute atomic E-state index is 12.1. The number of hydrogen-bond acceptors (Lipinski definition) is 4. The lowest BCUT2D eigenvalue weighted by Crippen LogP contribution is -2.38. The molecule has 0 aliphatic carbocycles. The van der Waals surface area contributed by atoms with Crippen LogP contribution in [-0.2, 0) is 4.79 Å². The molecule has 2 aromatic rings. The number of amides is 1. The van der Waals surface area contributed by atoms with Crippen LogP contribution in [-0.4, -0.2) is 26.9 Å². The molecule has 3 heterocycles. The molecule has 112 valence electrons. The van der Waals surface area contributed by atoms with E-state index in [1.54, 1.807) is 17.4 Å². The van der Waals surface area contributed by atoms with Crippen LogP contribution in [0.1, 0.15) is 24.0 Å². The van der Waals surface area contributed by atoms with Crippen molar-refractivity contribution in [3.05, 3.63) is 66.1 Å². The zero-order valence-electron chi connectivity index (χ0n) is 12.4. The van der Waals surface area contributed by atoms with Gasteiger partial charge in [-0.05, 0) is 18.6 Å². The molecule has 23 heavy (non-hydrogen) atoms. The maximum atomic E-state index is 12.1. The quantitative estimate of drug-likeness (QED) is 0.757. The molecule has 1 saturated heterocycles. The topological polar surface area (TPSA) is 49.3 Å². The smallest absolute Gasteiger partial charge is 0.252 e. The van der Waals surface area contributed by atoms with Gasteiger partial charge in [0.25, 0.3) is 11.9 Å². The minimum absolute atomic E-state index is 0.0301. The summed E-state index contributed by atoms with van der Waals surface area (Å²) in [7, 11) is 0. The molecule has 2 aliphatic heterocycles. The van der Waals surface area contributed by atoms with Crippen LogP contribution in [0.25, 0.3) is 0 Å². The molecule has 1 atom stereocenters. The van der Waals surface area contributed by atoms with Crippen molar-refractivity contribution in [2.75, 3.05) is 5.01 Å². The lowest BCUT2D eigenvalue weighted by Gasteiger charge is -2.25. The van der Waals surface area contributed by atoms with Crippen LogP contribution < -0.4 is 5.01 Å². The summed E-state index contributed by atoms with van der Waals surface area (Å²) in [4.78, 5) is 20.7. The molecule has 0 bridgehead atoms. The third kappa shape index (κ3) is 2.55. The van der Waals surface area contributed by atoms with Crippen molar-refractivity contribution in [3.8, 4) is 11.8 Å². The van der Waals surface area contributed by atoms with Crippen LogP contribution in [0, 0.1) is 11.8 Å². The van der Waals surface area contributed by atoms with Gasteiger partial charge in [0, 0.05) is 24.2 Å². The summed E-state index contributed by atoms with van der Waals surface area (Å²) < 4.78 is 0. The summed E-state index contributed by atoms with van der Waals surface area (Å²) in [6.45, 7) is 0. The molecule has 5 nitrogen and oxygen atoms in total. The average Bonchev–Trinajstić information content (AvgIpc) is 3.14. The van der Waals surface area contributed by atoms with Gasteiger partial charge in [-0.15, -0.1) is 0 Å². The first-order chi connectivity index (χ1) is 11.3. The number of carbonyl (C=O) groups is 1. The molecule has 1 fully saturated rings. The summed E-state index contributed by atoms with van der Waals surface area (Å²) in [5, 5.41) is 3.45. The van der Waals surface area contributed by atoms with Crippen LogP contribution >= 0.6 is 0 Å². The van der Waals surface area contributed by atoms with Crippen LogP contribution in [0.2, 0.25) is 0 Å². The Balaban J connectivity index is 1.56. The SMILES string of the molecule is O=C1CC2CC=CN2N1c1ncc(C#Cc2ccccc2)cn1. The summed E-state index contributed by atoms with van der Waals surface area (Å²) in [6.07, 6.45) is 8.68. The summed E-state index contributed by atoms with van der Waals surface area (Å²) in [6, 6.07) is 9.96. The van der Waals surface area contributed by atoms with Gasteiger partial charge in [0.2, 0.25) is 0 Å². The van der Waals surface area contributed by atoms with Crippen LogP contribution in [0.5, 0.6) is 0 Å². The predicted octanol–water partition coefficient (Wildman–Crippen LogP) is 2.12. The van der Waals surface area contributed by atoms with Crippen molar-refractivity contribution >= 4 is 11.9 Å². The average molecular weight is 302 g/mol. The molecule has 4 rings (SSSR count). The fourth-order valence-electron chi connectivity index (χ4n) is 2.76. The summed E-state index contributed by atoms with van der Waals surface area (Å²) >= 11 is 0. The fourth-order valence-corrected chi connectivity index (χ4v) is 2.76. The highest BCUT2D eigenvalue weighted by Gasteiger charge is 2.39. The molecule has 1 aromatic heterocycles. The number of aromatic nitrogens is 2. The molecule has 1 amide bonds. The number of hydrogen-bond donors (Lipinski definition) is 0. The number of fused-ring (bicyclic) bond motifs is 1. The van der Waals surface area contributed by atoms with Gasteiger partial charge in [0.1, 0.15) is 0 Å². The van der Waals surface area contributed by atoms with Gasteiger partial charge >= 0.3 is 0 Å². The van der Waals surface area contributed by atoms with E-state index in [0.29, 0.717) is 12.4 Å². The van der Waals surface area contributed by atoms with E-state index in [1.807, 2.05) is 41.5 Å². The zero-order chi connectivity index (χ0) is 15.6. The van der Waals surface area contributed by atoms with E-state index in [4.69, 9.17) is 0 Å². The molecule has 2 aliphatic rings. The van der Waals surface area contributed by atoms with E-state index < -0.39 is 0 Å². The molecular formula is C18H14N4O. The van der Waals surface area contributed by atoms with Gasteiger partial charge in [-0.1, -0.05) is 36.1 Å². The number of benzene rings is 1. The minimum Gasteiger partial charge on any atom is -0.279 e. The second kappa shape index (κ2) is 5.58. The second-order valence-corrected chi connectivity index (χ2v) is 5.45. The number of nitrogens with zero attached hydrogens (tertiary/aromatic N) is 4. The van der Waals surface area contributed by atoms with E-state index in [9.17, 15) is 4.79 Å². The Labute approximate surface area is 134 Å². The highest BCUT2D eigenvalue weighted by molar-refractivity contribution is 5.93. The van der Waals surface area contributed by atoms with Gasteiger partial charge in [-0.3, -0.25) is 9.80 Å². The van der Waals surface area contributed by atoms with Crippen molar-refractivity contribution in [2.24, 2.45) is 0 Å². The molecule has 5 heteroatoms. The molecule has 0 radical (unpaired) electrons. The summed E-state index contributed by atoms with van der Waals surface area (Å²) in [5.74, 6) is 6.52. The van der Waals surface area contributed by atoms with Crippen LogP contribution in [0.4, 0.5) is 5.95 Å². The Kier molecular flexibility index (Phi) is 3.28. The first-order valence-electron chi connectivity index (χ1n) is 7.48. The first kappa shape index (κ1) is 13.5. The Hall–Kier alpha value is -3.13. The second-order valence-electron chi connectivity index (χ2n) is 5.45. The van der Waals surface area contributed by atoms with Gasteiger partial charge in [0.15, 0.2) is 0 Å². The van der Waals surface area contributed by atoms with Crippen molar-refractivity contribution in [1.29, 1.82) is 0 Å². The maximum Gasteiger partial charge on any atom is 0.252 e. The lowest BCUT2D eigenvalue weighted by molar-refractivity contribution is -0.117. The molecular weight excluding hydrogens is 288 g/mol. The number of anilines is 1. The minimum atomic E-state index is 0.0301. The monoisotopic (exact) mass is 302 g/mol. The Morgan fingerprint density at radius 2 is 1.78 bits per heavy atom. The number of carbonyl (C=O) groups excluding carboxylic acids is 1. The molecule has 0 saturated carbocycles. The molecule has 1 aromatic carbocycles. The third-order valence-corrected chi connectivity index (χ3v) is 3.87. The van der Waals surface area contributed by atoms with Crippen LogP contribution in [0.15, 0.2) is 55.0 Å². The Morgan fingerprint density at radius 3 is 2.57 bits per heavy atom. The Morgan fingerprint density at radius 1 is 1.04 bits per heavy atom. The molecule has 0 N–H and O–H groups in total. The van der Waals surface area contributed by atoms with Gasteiger partial charge in [-0.2, -0.15) is 5.01 Å². The van der Waals surface area contributed by atoms with Crippen molar-refractivity contribution < 1.29 is 4.79 Å². The normalized spacial score (nSPS) is 18.8. The van der Waals surface area contributed by atoms with Gasteiger partial charge in [-0.25, -0.2) is 9.97 Å². The standard InChI is InChI=1S/C18H14N4O/c23-17-11-16-7-4-10-21(16)22(17)18-19-12-15(13-20-18)9-8-14-5-2-1-3-6-14/h1-6,10,12-13,16H,7,11H2. The van der Waals surface area contributed by atoms with Gasteiger partial charge < -0.3 is 0 Å². The van der Waals surface area contributed by atoms with E-state index in [0.717, 1.165) is 17.5 Å². The molecule has 1 unspecified atom stereocenters. The van der Waals surface area contributed by atoms with Crippen molar-refractivity contribution in [2.45, 2.75) is 18.9 Å². The lowest BCUT2D eigenvalue weighted by atomic mass is 10.2. The number of rotatable bonds is 1. The highest BCUT2D eigenvalue weighted by Crippen LogP contribution is 2.30. The Bertz CT molecular complexity index is 818. The third-order valence-electron chi connectivity index (χ3n) is 3.87. The first-order valence-corrected chi connectivity index (χ1v) is 7.48. The largest absolute Gasteiger partial charge is 0.279 e. The molecule has 0 spiro atoms. The highest BCUT2D eigenvalue weighted by atomic mass is 16.2. The van der Waals surface area contributed by atoms with E-state index in [2.05, 4.69) is 27.9 Å². The zero-order valence-corrected chi connectivity index (χ0v) is 12.4. The van der Waals surface area contributed by atoms with Crippen molar-refractivity contribution in [3.63, 3.8) is 0 Å². The van der Waals surface area contributed by atoms with E-state index >= 15 is 0 Å². The van der Waals surface area contributed by atoms with E-state index in [1.165, 1.54) is 0 Å². The van der Waals surface area contributed by atoms with Crippen molar-refractivity contribution in [1.82, 2.24) is 15.0 Å². The fraction of sp³-hybridized carbons (Fsp3) is 0.167. The van der Waals surface area contributed by atoms with Crippen LogP contribution in [0.3, 0.4) is 0 Å². The predicted molar refractivity (Wildman–Crippen MR) is 85.9 cm³/mol. The number of hydrazine groups is 1. The van der Waals surface area contributed by atoms with E-state index in [-0.39, 0.29) is 11.9 Å².